The Kier molecular flexibility index (Phi) is 6.12. The minimum atomic E-state index is 0.0741. The van der Waals surface area contributed by atoms with E-state index in [4.69, 9.17) is 0 Å². The van der Waals surface area contributed by atoms with Gasteiger partial charge >= 0.3 is 0 Å². The summed E-state index contributed by atoms with van der Waals surface area (Å²) in [7, 11) is 0. The molecule has 1 amide bonds. The molecule has 0 atom stereocenters. The van der Waals surface area contributed by atoms with Gasteiger partial charge in [0.1, 0.15) is 5.82 Å². The summed E-state index contributed by atoms with van der Waals surface area (Å²) in [6, 6.07) is 1.95. The van der Waals surface area contributed by atoms with E-state index >= 15 is 0 Å². The van der Waals surface area contributed by atoms with Crippen molar-refractivity contribution in [1.82, 2.24) is 10.3 Å². The van der Waals surface area contributed by atoms with Crippen molar-refractivity contribution in [3.05, 3.63) is 22.3 Å². The second-order valence-electron chi connectivity index (χ2n) is 4.69. The lowest BCUT2D eigenvalue weighted by atomic mass is 10.2. The van der Waals surface area contributed by atoms with E-state index in [1.807, 2.05) is 13.0 Å². The van der Waals surface area contributed by atoms with E-state index in [1.54, 1.807) is 6.20 Å². The van der Waals surface area contributed by atoms with Crippen molar-refractivity contribution in [1.29, 1.82) is 0 Å². The van der Waals surface area contributed by atoms with Crippen LogP contribution < -0.4 is 10.6 Å². The summed E-state index contributed by atoms with van der Waals surface area (Å²) in [5.41, 5.74) is 1.12. The van der Waals surface area contributed by atoms with Crippen LogP contribution in [-0.4, -0.2) is 24.0 Å². The Morgan fingerprint density at radius 2 is 2.22 bits per heavy atom. The third kappa shape index (κ3) is 5.49. The van der Waals surface area contributed by atoms with Crippen LogP contribution in [0.15, 0.2) is 16.7 Å². The average molecular weight is 314 g/mol. The van der Waals surface area contributed by atoms with Crippen LogP contribution in [-0.2, 0) is 4.79 Å². The van der Waals surface area contributed by atoms with Gasteiger partial charge in [0.05, 0.1) is 0 Å². The lowest BCUT2D eigenvalue weighted by molar-refractivity contribution is -0.120. The van der Waals surface area contributed by atoms with Crippen molar-refractivity contribution in [3.63, 3.8) is 0 Å². The Morgan fingerprint density at radius 1 is 1.50 bits per heavy atom. The second kappa shape index (κ2) is 7.36. The fourth-order valence-electron chi connectivity index (χ4n) is 1.35. The highest BCUT2D eigenvalue weighted by atomic mass is 79.9. The number of hydrogen-bond acceptors (Lipinski definition) is 3. The maximum absolute atomic E-state index is 11.5. The number of rotatable bonds is 6. The lowest BCUT2D eigenvalue weighted by Crippen LogP contribution is -2.28. The summed E-state index contributed by atoms with van der Waals surface area (Å²) < 4.78 is 0.989. The highest BCUT2D eigenvalue weighted by Crippen LogP contribution is 2.16. The molecule has 0 aliphatic carbocycles. The molecule has 0 aromatic carbocycles. The number of pyridine rings is 1. The Morgan fingerprint density at radius 3 is 2.83 bits per heavy atom. The van der Waals surface area contributed by atoms with Crippen LogP contribution in [0, 0.1) is 12.8 Å². The zero-order valence-corrected chi connectivity index (χ0v) is 12.7. The SMILES string of the molecule is Cc1cc(NCCC(=O)NCC(C)C)ncc1Br. The lowest BCUT2D eigenvalue weighted by Gasteiger charge is -2.09. The fourth-order valence-corrected chi connectivity index (χ4v) is 1.56. The van der Waals surface area contributed by atoms with E-state index < -0.39 is 0 Å². The van der Waals surface area contributed by atoms with Gasteiger partial charge in [-0.05, 0) is 40.4 Å². The summed E-state index contributed by atoms with van der Waals surface area (Å²) in [6.45, 7) is 7.48. The molecule has 1 rings (SSSR count). The molecule has 0 saturated heterocycles. The predicted octanol–water partition coefficient (Wildman–Crippen LogP) is 2.73. The van der Waals surface area contributed by atoms with Crippen molar-refractivity contribution in [3.8, 4) is 0 Å². The third-order valence-corrected chi connectivity index (χ3v) is 3.24. The van der Waals surface area contributed by atoms with Gasteiger partial charge in [0.15, 0.2) is 0 Å². The van der Waals surface area contributed by atoms with E-state index in [0.717, 1.165) is 22.4 Å². The van der Waals surface area contributed by atoms with Gasteiger partial charge in [-0.1, -0.05) is 13.8 Å². The first kappa shape index (κ1) is 15.0. The first-order valence-electron chi connectivity index (χ1n) is 6.11. The zero-order chi connectivity index (χ0) is 13.5. The number of aromatic nitrogens is 1. The molecule has 5 heteroatoms. The van der Waals surface area contributed by atoms with Gasteiger partial charge in [-0.25, -0.2) is 4.98 Å². The minimum Gasteiger partial charge on any atom is -0.370 e. The van der Waals surface area contributed by atoms with Crippen molar-refractivity contribution in [2.45, 2.75) is 27.2 Å². The topological polar surface area (TPSA) is 54.0 Å². The largest absolute Gasteiger partial charge is 0.370 e. The van der Waals surface area contributed by atoms with Crippen LogP contribution in [0.25, 0.3) is 0 Å². The first-order valence-corrected chi connectivity index (χ1v) is 6.91. The molecule has 0 spiro atoms. The Labute approximate surface area is 117 Å². The molecule has 0 saturated carbocycles. The second-order valence-corrected chi connectivity index (χ2v) is 5.55. The predicted molar refractivity (Wildman–Crippen MR) is 77.6 cm³/mol. The van der Waals surface area contributed by atoms with Crippen LogP contribution in [0.5, 0.6) is 0 Å². The van der Waals surface area contributed by atoms with Gasteiger partial charge in [-0.15, -0.1) is 0 Å². The normalized spacial score (nSPS) is 10.5. The van der Waals surface area contributed by atoms with Gasteiger partial charge in [-0.3, -0.25) is 4.79 Å². The third-order valence-electron chi connectivity index (χ3n) is 2.41. The van der Waals surface area contributed by atoms with E-state index in [2.05, 4.69) is 45.4 Å². The number of aryl methyl sites for hydroxylation is 1. The fraction of sp³-hybridized carbons (Fsp3) is 0.538. The summed E-state index contributed by atoms with van der Waals surface area (Å²) in [6.07, 6.45) is 2.22. The zero-order valence-electron chi connectivity index (χ0n) is 11.1. The molecular formula is C13H20BrN3O. The van der Waals surface area contributed by atoms with Gasteiger partial charge in [-0.2, -0.15) is 0 Å². The Hall–Kier alpha value is -1.10. The number of anilines is 1. The van der Waals surface area contributed by atoms with E-state index in [1.165, 1.54) is 0 Å². The number of nitrogens with zero attached hydrogens (tertiary/aromatic N) is 1. The van der Waals surface area contributed by atoms with Crippen molar-refractivity contribution >= 4 is 27.7 Å². The molecule has 2 N–H and O–H groups in total. The molecule has 1 aromatic heterocycles. The molecule has 18 heavy (non-hydrogen) atoms. The molecule has 0 radical (unpaired) electrons. The minimum absolute atomic E-state index is 0.0741. The smallest absolute Gasteiger partial charge is 0.221 e. The van der Waals surface area contributed by atoms with Gasteiger partial charge in [0.25, 0.3) is 0 Å². The molecular weight excluding hydrogens is 294 g/mol. The molecule has 100 valence electrons. The van der Waals surface area contributed by atoms with Crippen LogP contribution >= 0.6 is 15.9 Å². The van der Waals surface area contributed by atoms with Gasteiger partial charge < -0.3 is 10.6 Å². The van der Waals surface area contributed by atoms with Crippen LogP contribution in [0.4, 0.5) is 5.82 Å². The van der Waals surface area contributed by atoms with E-state index in [-0.39, 0.29) is 5.91 Å². The molecule has 0 aliphatic heterocycles. The number of hydrogen-bond donors (Lipinski definition) is 2. The highest BCUT2D eigenvalue weighted by Gasteiger charge is 2.03. The number of carbonyl (C=O) groups is 1. The summed E-state index contributed by atoms with van der Waals surface area (Å²) >= 11 is 3.40. The monoisotopic (exact) mass is 313 g/mol. The Bertz CT molecular complexity index is 407. The maximum atomic E-state index is 11.5. The number of nitrogens with one attached hydrogen (secondary N) is 2. The summed E-state index contributed by atoms with van der Waals surface area (Å²) in [5.74, 6) is 1.36. The molecule has 0 bridgehead atoms. The molecule has 0 fully saturated rings. The standard InChI is InChI=1S/C13H20BrN3O/c1-9(2)7-17-13(18)4-5-15-12-6-10(3)11(14)8-16-12/h6,8-9H,4-5,7H2,1-3H3,(H,15,16)(H,17,18). The van der Waals surface area contributed by atoms with Crippen LogP contribution in [0.3, 0.4) is 0 Å². The van der Waals surface area contributed by atoms with Gasteiger partial charge in [0.2, 0.25) is 5.91 Å². The summed E-state index contributed by atoms with van der Waals surface area (Å²) in [5, 5.41) is 6.02. The van der Waals surface area contributed by atoms with Crippen LogP contribution in [0.2, 0.25) is 0 Å². The summed E-state index contributed by atoms with van der Waals surface area (Å²) in [4.78, 5) is 15.7. The maximum Gasteiger partial charge on any atom is 0.221 e. The van der Waals surface area contributed by atoms with E-state index in [9.17, 15) is 4.79 Å². The number of amides is 1. The number of carbonyl (C=O) groups excluding carboxylic acids is 1. The van der Waals surface area contributed by atoms with Crippen molar-refractivity contribution in [2.24, 2.45) is 5.92 Å². The quantitative estimate of drug-likeness (QED) is 0.849. The highest BCUT2D eigenvalue weighted by molar-refractivity contribution is 9.10. The van der Waals surface area contributed by atoms with Crippen molar-refractivity contribution in [2.75, 3.05) is 18.4 Å². The van der Waals surface area contributed by atoms with E-state index in [0.29, 0.717) is 18.9 Å². The molecule has 1 aromatic rings. The number of halogens is 1. The van der Waals surface area contributed by atoms with Crippen molar-refractivity contribution < 1.29 is 4.79 Å². The molecule has 1 heterocycles. The molecule has 0 unspecified atom stereocenters. The first-order chi connectivity index (χ1) is 8.49. The van der Waals surface area contributed by atoms with Crippen LogP contribution in [0.1, 0.15) is 25.8 Å². The molecule has 4 nitrogen and oxygen atoms in total. The van der Waals surface area contributed by atoms with Gasteiger partial charge in [0, 0.05) is 30.2 Å². The Balaban J connectivity index is 2.28. The molecule has 0 aliphatic rings. The average Bonchev–Trinajstić information content (AvgIpc) is 2.31.